The molecule has 2 amide bonds. The Morgan fingerprint density at radius 2 is 1.67 bits per heavy atom. The van der Waals surface area contributed by atoms with Crippen LogP contribution in [0.4, 0.5) is 11.4 Å². The molecule has 2 aliphatic heterocycles. The van der Waals surface area contributed by atoms with E-state index in [-0.39, 0.29) is 37.4 Å². The SMILES string of the molecule is CCN1C(=O)COc2ccc(C(=O)CN3C(=O)COc4ccc(-c5csc(C)n5)cc43)cc21. The number of ether oxygens (including phenoxy) is 2. The van der Waals surface area contributed by atoms with E-state index in [2.05, 4.69) is 4.98 Å². The number of nitrogens with zero attached hydrogens (tertiary/aromatic N) is 3. The number of carbonyl (C=O) groups excluding carboxylic acids is 3. The Morgan fingerprint density at radius 3 is 2.33 bits per heavy atom. The van der Waals surface area contributed by atoms with Gasteiger partial charge in [-0.05, 0) is 50.2 Å². The van der Waals surface area contributed by atoms with Crippen LogP contribution in [0.1, 0.15) is 22.3 Å². The molecule has 0 N–H and O–H groups in total. The molecule has 0 atom stereocenters. The summed E-state index contributed by atoms with van der Waals surface area (Å²) in [6, 6.07) is 10.5. The number of aromatic nitrogens is 1. The van der Waals surface area contributed by atoms with Crippen molar-refractivity contribution < 1.29 is 23.9 Å². The van der Waals surface area contributed by atoms with Crippen molar-refractivity contribution in [3.05, 3.63) is 52.3 Å². The lowest BCUT2D eigenvalue weighted by molar-refractivity contribution is -0.121. The smallest absolute Gasteiger partial charge is 0.265 e. The molecule has 2 aromatic carbocycles. The van der Waals surface area contributed by atoms with E-state index in [1.54, 1.807) is 40.5 Å². The fourth-order valence-corrected chi connectivity index (χ4v) is 4.61. The molecule has 0 bridgehead atoms. The molecule has 1 aromatic heterocycles. The van der Waals surface area contributed by atoms with Crippen LogP contribution >= 0.6 is 11.3 Å². The van der Waals surface area contributed by atoms with Gasteiger partial charge in [-0.1, -0.05) is 0 Å². The number of likely N-dealkylation sites (N-methyl/N-ethyl adjacent to an activating group) is 1. The van der Waals surface area contributed by atoms with Crippen LogP contribution in [-0.2, 0) is 9.59 Å². The molecule has 0 saturated carbocycles. The number of amides is 2. The number of thiazole rings is 1. The van der Waals surface area contributed by atoms with Gasteiger partial charge in [0.15, 0.2) is 19.0 Å². The van der Waals surface area contributed by atoms with Crippen LogP contribution in [0.25, 0.3) is 11.3 Å². The van der Waals surface area contributed by atoms with Crippen molar-refractivity contribution in [1.82, 2.24) is 4.98 Å². The summed E-state index contributed by atoms with van der Waals surface area (Å²) in [5.41, 5.74) is 3.15. The van der Waals surface area contributed by atoms with Gasteiger partial charge in [-0.3, -0.25) is 19.3 Å². The third-order valence-corrected chi connectivity index (χ3v) is 6.43. The molecule has 8 nitrogen and oxygen atoms in total. The van der Waals surface area contributed by atoms with Crippen LogP contribution in [-0.4, -0.2) is 48.9 Å². The van der Waals surface area contributed by atoms with E-state index in [1.807, 2.05) is 31.4 Å². The molecule has 0 saturated heterocycles. The summed E-state index contributed by atoms with van der Waals surface area (Å²) in [5, 5.41) is 2.90. The lowest BCUT2D eigenvalue weighted by atomic mass is 10.1. The zero-order valence-electron chi connectivity index (χ0n) is 18.2. The van der Waals surface area contributed by atoms with E-state index in [0.29, 0.717) is 35.0 Å². The highest BCUT2D eigenvalue weighted by Gasteiger charge is 2.30. The van der Waals surface area contributed by atoms with Crippen LogP contribution in [0.15, 0.2) is 41.8 Å². The normalized spacial score (nSPS) is 15.0. The third-order valence-electron chi connectivity index (χ3n) is 5.66. The highest BCUT2D eigenvalue weighted by Crippen LogP contribution is 2.37. The van der Waals surface area contributed by atoms with Crippen LogP contribution in [0, 0.1) is 6.92 Å². The average molecular weight is 464 g/mol. The number of aryl methyl sites for hydroxylation is 1. The molecular formula is C24H21N3O5S. The maximum Gasteiger partial charge on any atom is 0.265 e. The number of hydrogen-bond acceptors (Lipinski definition) is 7. The van der Waals surface area contributed by atoms with Crippen molar-refractivity contribution in [2.45, 2.75) is 13.8 Å². The van der Waals surface area contributed by atoms with E-state index in [1.165, 1.54) is 4.90 Å². The lowest BCUT2D eigenvalue weighted by Gasteiger charge is -2.30. The number of anilines is 2. The van der Waals surface area contributed by atoms with Gasteiger partial charge in [-0.2, -0.15) is 0 Å². The van der Waals surface area contributed by atoms with Crippen molar-refractivity contribution in [3.8, 4) is 22.8 Å². The van der Waals surface area contributed by atoms with Gasteiger partial charge in [0, 0.05) is 23.1 Å². The second-order valence-electron chi connectivity index (χ2n) is 7.74. The van der Waals surface area contributed by atoms with Crippen LogP contribution in [0.3, 0.4) is 0 Å². The summed E-state index contributed by atoms with van der Waals surface area (Å²) in [6.45, 7) is 3.97. The van der Waals surface area contributed by atoms with Gasteiger partial charge in [-0.25, -0.2) is 4.98 Å². The van der Waals surface area contributed by atoms with E-state index in [9.17, 15) is 14.4 Å². The van der Waals surface area contributed by atoms with Gasteiger partial charge in [0.05, 0.1) is 28.6 Å². The molecule has 0 fully saturated rings. The molecule has 3 heterocycles. The minimum Gasteiger partial charge on any atom is -0.482 e. The van der Waals surface area contributed by atoms with Crippen molar-refractivity contribution in [2.75, 3.05) is 36.1 Å². The summed E-state index contributed by atoms with van der Waals surface area (Å²) in [6.07, 6.45) is 0. The highest BCUT2D eigenvalue weighted by atomic mass is 32.1. The Kier molecular flexibility index (Phi) is 5.33. The van der Waals surface area contributed by atoms with Crippen LogP contribution < -0.4 is 19.3 Å². The standard InChI is InChI=1S/C24H21N3O5S/c1-3-26-18-9-16(5-7-21(18)31-11-23(26)29)20(28)10-27-19-8-15(17-13-33-14(2)25-17)4-6-22(19)32-12-24(27)30/h4-9,13H,3,10-12H2,1-2H3. The van der Waals surface area contributed by atoms with Crippen LogP contribution in [0.5, 0.6) is 11.5 Å². The van der Waals surface area contributed by atoms with E-state index in [0.717, 1.165) is 16.3 Å². The summed E-state index contributed by atoms with van der Waals surface area (Å²) in [7, 11) is 0. The maximum atomic E-state index is 13.2. The summed E-state index contributed by atoms with van der Waals surface area (Å²) >= 11 is 1.54. The van der Waals surface area contributed by atoms with Crippen molar-refractivity contribution in [1.29, 1.82) is 0 Å². The number of ketones is 1. The molecule has 168 valence electrons. The first-order chi connectivity index (χ1) is 15.9. The average Bonchev–Trinajstić information content (AvgIpc) is 3.26. The highest BCUT2D eigenvalue weighted by molar-refractivity contribution is 7.09. The third kappa shape index (κ3) is 3.84. The first kappa shape index (κ1) is 21.1. The number of hydrogen-bond donors (Lipinski definition) is 0. The molecule has 0 spiro atoms. The molecular weight excluding hydrogens is 442 g/mol. The Labute approximate surface area is 194 Å². The van der Waals surface area contributed by atoms with E-state index < -0.39 is 0 Å². The van der Waals surface area contributed by atoms with Crippen molar-refractivity contribution in [2.24, 2.45) is 0 Å². The number of benzene rings is 2. The van der Waals surface area contributed by atoms with Gasteiger partial charge in [-0.15, -0.1) is 11.3 Å². The topological polar surface area (TPSA) is 89.0 Å². The number of fused-ring (bicyclic) bond motifs is 2. The van der Waals surface area contributed by atoms with Gasteiger partial charge in [0.25, 0.3) is 11.8 Å². The molecule has 2 aliphatic rings. The van der Waals surface area contributed by atoms with Gasteiger partial charge < -0.3 is 14.4 Å². The summed E-state index contributed by atoms with van der Waals surface area (Å²) in [4.78, 5) is 45.6. The number of rotatable bonds is 5. The molecule has 0 unspecified atom stereocenters. The molecule has 5 rings (SSSR count). The first-order valence-electron chi connectivity index (χ1n) is 10.5. The van der Waals surface area contributed by atoms with Crippen LogP contribution in [0.2, 0.25) is 0 Å². The second-order valence-corrected chi connectivity index (χ2v) is 8.80. The zero-order valence-corrected chi connectivity index (χ0v) is 19.0. The predicted octanol–water partition coefficient (Wildman–Crippen LogP) is 3.47. The minimum absolute atomic E-state index is 0.0198. The fraction of sp³-hybridized carbons (Fsp3) is 0.250. The van der Waals surface area contributed by atoms with Crippen molar-refractivity contribution in [3.63, 3.8) is 0 Å². The molecule has 0 aliphatic carbocycles. The number of carbonyl (C=O) groups is 3. The van der Waals surface area contributed by atoms with E-state index in [4.69, 9.17) is 9.47 Å². The largest absolute Gasteiger partial charge is 0.482 e. The minimum atomic E-state index is -0.297. The predicted molar refractivity (Wildman–Crippen MR) is 124 cm³/mol. The Hall–Kier alpha value is -3.72. The Balaban J connectivity index is 1.45. The monoisotopic (exact) mass is 463 g/mol. The molecule has 0 radical (unpaired) electrons. The zero-order chi connectivity index (χ0) is 23.1. The lowest BCUT2D eigenvalue weighted by Crippen LogP contribution is -2.42. The van der Waals surface area contributed by atoms with Gasteiger partial charge in [0.1, 0.15) is 11.5 Å². The number of Topliss-reactive ketones (excluding diaryl/α,β-unsaturated/α-hetero) is 1. The Bertz CT molecular complexity index is 1280. The van der Waals surface area contributed by atoms with Gasteiger partial charge >= 0.3 is 0 Å². The first-order valence-corrected chi connectivity index (χ1v) is 11.4. The quantitative estimate of drug-likeness (QED) is 0.539. The Morgan fingerprint density at radius 1 is 1.00 bits per heavy atom. The molecule has 33 heavy (non-hydrogen) atoms. The van der Waals surface area contributed by atoms with E-state index >= 15 is 0 Å². The second kappa shape index (κ2) is 8.32. The van der Waals surface area contributed by atoms with Gasteiger partial charge in [0.2, 0.25) is 0 Å². The van der Waals surface area contributed by atoms with Crippen molar-refractivity contribution >= 4 is 40.3 Å². The molecule has 9 heteroatoms. The fourth-order valence-electron chi connectivity index (χ4n) is 3.99. The maximum absolute atomic E-state index is 13.2. The summed E-state index contributed by atoms with van der Waals surface area (Å²) < 4.78 is 11.1. The summed E-state index contributed by atoms with van der Waals surface area (Å²) in [5.74, 6) is 0.400. The molecule has 3 aromatic rings.